The molecule has 2 fully saturated rings. The molecule has 0 aromatic carbocycles. The molecule has 1 aromatic heterocycles. The Morgan fingerprint density at radius 1 is 1.33 bits per heavy atom. The van der Waals surface area contributed by atoms with Crippen molar-refractivity contribution in [3.8, 4) is 0 Å². The summed E-state index contributed by atoms with van der Waals surface area (Å²) >= 11 is 0. The first-order valence-electron chi connectivity index (χ1n) is 7.75. The van der Waals surface area contributed by atoms with Crippen LogP contribution in [0.15, 0.2) is 4.90 Å². The number of aryl methyl sites for hydroxylation is 1. The third-order valence-electron chi connectivity index (χ3n) is 4.11. The van der Waals surface area contributed by atoms with Gasteiger partial charge in [-0.15, -0.1) is 0 Å². The molecule has 3 N–H and O–H groups in total. The van der Waals surface area contributed by atoms with Gasteiger partial charge in [-0.05, 0) is 39.0 Å². The van der Waals surface area contributed by atoms with Crippen LogP contribution in [0, 0.1) is 12.8 Å². The molecule has 1 aromatic rings. The second-order valence-electron chi connectivity index (χ2n) is 6.48. The summed E-state index contributed by atoms with van der Waals surface area (Å²) in [6.07, 6.45) is 5.72. The van der Waals surface area contributed by atoms with E-state index in [0.29, 0.717) is 34.8 Å². The molecule has 0 amide bonds. The number of aromatic nitrogens is 2. The van der Waals surface area contributed by atoms with Gasteiger partial charge in [-0.3, -0.25) is 5.10 Å². The van der Waals surface area contributed by atoms with Crippen LogP contribution in [0.25, 0.3) is 0 Å². The molecule has 118 valence electrons. The zero-order chi connectivity index (χ0) is 15.0. The molecule has 2 saturated carbocycles. The molecule has 2 aliphatic rings. The van der Waals surface area contributed by atoms with Crippen LogP contribution in [-0.4, -0.2) is 30.7 Å². The van der Waals surface area contributed by atoms with Crippen molar-refractivity contribution in [2.24, 2.45) is 5.92 Å². The minimum Gasteiger partial charge on any atom is -0.308 e. The quantitative estimate of drug-likeness (QED) is 0.678. The highest BCUT2D eigenvalue weighted by molar-refractivity contribution is 7.89. The molecule has 0 aliphatic heterocycles. The van der Waals surface area contributed by atoms with Crippen LogP contribution in [0.1, 0.15) is 50.4 Å². The molecule has 0 spiro atoms. The number of hydrogen-bond donors (Lipinski definition) is 3. The highest BCUT2D eigenvalue weighted by Gasteiger charge is 2.30. The van der Waals surface area contributed by atoms with Gasteiger partial charge in [0.25, 0.3) is 0 Å². The van der Waals surface area contributed by atoms with Crippen LogP contribution in [0.2, 0.25) is 0 Å². The normalized spacial score (nSPS) is 20.7. The number of nitrogens with zero attached hydrogens (tertiary/aromatic N) is 1. The van der Waals surface area contributed by atoms with E-state index in [4.69, 9.17) is 0 Å². The molecule has 2 aliphatic carbocycles. The summed E-state index contributed by atoms with van der Waals surface area (Å²) in [6.45, 7) is 4.20. The molecule has 7 heteroatoms. The first-order chi connectivity index (χ1) is 9.95. The zero-order valence-corrected chi connectivity index (χ0v) is 13.5. The van der Waals surface area contributed by atoms with E-state index in [0.717, 1.165) is 6.42 Å². The summed E-state index contributed by atoms with van der Waals surface area (Å²) in [7, 11) is -3.51. The first kappa shape index (κ1) is 15.0. The fourth-order valence-electron chi connectivity index (χ4n) is 2.70. The molecule has 1 unspecified atom stereocenters. The van der Waals surface area contributed by atoms with E-state index in [1.807, 2.05) is 6.92 Å². The maximum Gasteiger partial charge on any atom is 0.244 e. The summed E-state index contributed by atoms with van der Waals surface area (Å²) in [5, 5.41) is 10.3. The van der Waals surface area contributed by atoms with E-state index in [2.05, 4.69) is 20.2 Å². The van der Waals surface area contributed by atoms with Gasteiger partial charge in [0.05, 0.1) is 11.4 Å². The van der Waals surface area contributed by atoms with Gasteiger partial charge < -0.3 is 5.32 Å². The number of hydrogen-bond acceptors (Lipinski definition) is 4. The summed E-state index contributed by atoms with van der Waals surface area (Å²) in [5.41, 5.74) is 1.19. The highest BCUT2D eigenvalue weighted by Crippen LogP contribution is 2.33. The molecule has 3 rings (SSSR count). The third kappa shape index (κ3) is 3.84. The number of sulfonamides is 1. The van der Waals surface area contributed by atoms with Gasteiger partial charge in [0.2, 0.25) is 10.0 Å². The van der Waals surface area contributed by atoms with Crippen molar-refractivity contribution >= 4 is 10.0 Å². The van der Waals surface area contributed by atoms with Crippen molar-refractivity contribution < 1.29 is 8.42 Å². The second kappa shape index (κ2) is 5.70. The van der Waals surface area contributed by atoms with Crippen molar-refractivity contribution in [2.75, 3.05) is 0 Å². The van der Waals surface area contributed by atoms with Gasteiger partial charge in [0, 0.05) is 18.6 Å². The van der Waals surface area contributed by atoms with Crippen LogP contribution in [0.5, 0.6) is 0 Å². The third-order valence-corrected chi connectivity index (χ3v) is 5.90. The summed E-state index contributed by atoms with van der Waals surface area (Å²) in [5.74, 6) is 0.698. The second-order valence-corrected chi connectivity index (χ2v) is 8.13. The monoisotopic (exact) mass is 312 g/mol. The van der Waals surface area contributed by atoms with Crippen molar-refractivity contribution in [1.82, 2.24) is 20.2 Å². The average molecular weight is 312 g/mol. The van der Waals surface area contributed by atoms with Crippen molar-refractivity contribution in [2.45, 2.75) is 69.5 Å². The fourth-order valence-corrected chi connectivity index (χ4v) is 4.32. The molecule has 1 heterocycles. The number of aromatic amines is 1. The van der Waals surface area contributed by atoms with E-state index < -0.39 is 10.0 Å². The average Bonchev–Trinajstić information content (AvgIpc) is 3.28. The lowest BCUT2D eigenvalue weighted by Crippen LogP contribution is -2.34. The minimum atomic E-state index is -3.51. The van der Waals surface area contributed by atoms with Crippen molar-refractivity contribution in [3.63, 3.8) is 0 Å². The molecular weight excluding hydrogens is 288 g/mol. The Morgan fingerprint density at radius 2 is 2.05 bits per heavy atom. The van der Waals surface area contributed by atoms with Crippen LogP contribution < -0.4 is 10.0 Å². The Kier molecular flexibility index (Phi) is 4.07. The summed E-state index contributed by atoms with van der Waals surface area (Å²) in [4.78, 5) is 0.318. The van der Waals surface area contributed by atoms with Gasteiger partial charge in [0.1, 0.15) is 4.90 Å². The standard InChI is InChI=1S/C14H24N4O2S/c1-9(7-11-3-4-11)18-21(19,20)14-10(2)16-17-13(14)8-15-12-5-6-12/h9,11-12,15,18H,3-8H2,1-2H3,(H,16,17). The van der Waals surface area contributed by atoms with E-state index in [9.17, 15) is 8.42 Å². The van der Waals surface area contributed by atoms with E-state index in [-0.39, 0.29) is 6.04 Å². The lowest BCUT2D eigenvalue weighted by molar-refractivity contribution is 0.528. The van der Waals surface area contributed by atoms with Crippen LogP contribution in [0.3, 0.4) is 0 Å². The SMILES string of the molecule is Cc1[nH]nc(CNC2CC2)c1S(=O)(=O)NC(C)CC1CC1. The predicted molar refractivity (Wildman–Crippen MR) is 80.3 cm³/mol. The molecule has 0 bridgehead atoms. The molecule has 0 radical (unpaired) electrons. The zero-order valence-electron chi connectivity index (χ0n) is 12.6. The largest absolute Gasteiger partial charge is 0.308 e. The van der Waals surface area contributed by atoms with Gasteiger partial charge in [-0.1, -0.05) is 12.8 Å². The lowest BCUT2D eigenvalue weighted by Gasteiger charge is -2.14. The molecule has 21 heavy (non-hydrogen) atoms. The smallest absolute Gasteiger partial charge is 0.244 e. The van der Waals surface area contributed by atoms with Crippen LogP contribution in [-0.2, 0) is 16.6 Å². The first-order valence-corrected chi connectivity index (χ1v) is 9.23. The Bertz CT molecular complexity index is 602. The minimum absolute atomic E-state index is 0.0268. The summed E-state index contributed by atoms with van der Waals surface area (Å²) in [6, 6.07) is 0.500. The van der Waals surface area contributed by atoms with Gasteiger partial charge in [0.15, 0.2) is 0 Å². The predicted octanol–water partition coefficient (Wildman–Crippen LogP) is 1.44. The Labute approximate surface area is 126 Å². The van der Waals surface area contributed by atoms with Gasteiger partial charge in [-0.25, -0.2) is 13.1 Å². The van der Waals surface area contributed by atoms with Crippen molar-refractivity contribution in [3.05, 3.63) is 11.4 Å². The Hall–Kier alpha value is -0.920. The van der Waals surface area contributed by atoms with Crippen molar-refractivity contribution in [1.29, 1.82) is 0 Å². The molecular formula is C14H24N4O2S. The number of rotatable bonds is 8. The molecule has 0 saturated heterocycles. The number of H-pyrrole nitrogens is 1. The Balaban J connectivity index is 1.71. The topological polar surface area (TPSA) is 86.9 Å². The lowest BCUT2D eigenvalue weighted by atomic mass is 10.2. The van der Waals surface area contributed by atoms with E-state index >= 15 is 0 Å². The molecule has 1 atom stereocenters. The Morgan fingerprint density at radius 3 is 2.67 bits per heavy atom. The summed E-state index contributed by atoms with van der Waals surface area (Å²) < 4.78 is 28.0. The maximum atomic E-state index is 12.6. The van der Waals surface area contributed by atoms with Gasteiger partial charge in [-0.2, -0.15) is 5.10 Å². The fraction of sp³-hybridized carbons (Fsp3) is 0.786. The van der Waals surface area contributed by atoms with Crippen LogP contribution in [0.4, 0.5) is 0 Å². The van der Waals surface area contributed by atoms with Gasteiger partial charge >= 0.3 is 0 Å². The maximum absolute atomic E-state index is 12.6. The van der Waals surface area contributed by atoms with E-state index in [1.165, 1.54) is 25.7 Å². The molecule has 6 nitrogen and oxygen atoms in total. The van der Waals surface area contributed by atoms with E-state index in [1.54, 1.807) is 6.92 Å². The van der Waals surface area contributed by atoms with Crippen LogP contribution >= 0.6 is 0 Å². The highest BCUT2D eigenvalue weighted by atomic mass is 32.2. The number of nitrogens with one attached hydrogen (secondary N) is 3.